The van der Waals surface area contributed by atoms with E-state index in [0.29, 0.717) is 31.0 Å². The van der Waals surface area contributed by atoms with Gasteiger partial charge in [0.05, 0.1) is 19.0 Å². The summed E-state index contributed by atoms with van der Waals surface area (Å²) < 4.78 is 43.6. The maximum atomic E-state index is 14.2. The highest BCUT2D eigenvalue weighted by Crippen LogP contribution is 2.20. The van der Waals surface area contributed by atoms with Gasteiger partial charge in [0.1, 0.15) is 18.1 Å². The number of carboxylic acid groups (broad SMARTS) is 1. The number of nitrogens with zero attached hydrogens (tertiary/aromatic N) is 1. The molecule has 2 aliphatic heterocycles. The quantitative estimate of drug-likeness (QED) is 0.129. The summed E-state index contributed by atoms with van der Waals surface area (Å²) in [7, 11) is -0.921. The zero-order valence-electron chi connectivity index (χ0n) is 32.3. The van der Waals surface area contributed by atoms with Gasteiger partial charge in [0.2, 0.25) is 29.5 Å². The van der Waals surface area contributed by atoms with E-state index in [0.717, 1.165) is 27.6 Å². The summed E-state index contributed by atoms with van der Waals surface area (Å²) in [6.45, 7) is 0.937. The van der Waals surface area contributed by atoms with Crippen LogP contribution in [0.2, 0.25) is 0 Å². The van der Waals surface area contributed by atoms with Crippen LogP contribution in [0, 0.1) is 0 Å². The third-order valence-electron chi connectivity index (χ3n) is 9.78. The number of carbonyl (C=O) groups is 6. The third-order valence-corrected chi connectivity index (χ3v) is 11.1. The Balaban J connectivity index is 0.000000896. The number of aromatic nitrogens is 1. The Kier molecular flexibility index (Phi) is 15.9. The van der Waals surface area contributed by atoms with Gasteiger partial charge in [-0.05, 0) is 29.2 Å². The van der Waals surface area contributed by atoms with Crippen LogP contribution in [0.3, 0.4) is 0 Å². The lowest BCUT2D eigenvalue weighted by atomic mass is 10.0. The van der Waals surface area contributed by atoms with Crippen molar-refractivity contribution in [2.24, 2.45) is 0 Å². The molecule has 1 aromatic heterocycles. The number of rotatable bonds is 9. The van der Waals surface area contributed by atoms with Gasteiger partial charge >= 0.3 is 12.1 Å². The fourth-order valence-electron chi connectivity index (χ4n) is 6.71. The predicted octanol–water partition coefficient (Wildman–Crippen LogP) is 1.35. The Morgan fingerprint density at radius 2 is 1.33 bits per heavy atom. The van der Waals surface area contributed by atoms with Gasteiger partial charge in [-0.1, -0.05) is 78.9 Å². The summed E-state index contributed by atoms with van der Waals surface area (Å²) in [5.41, 5.74) is 3.39. The van der Waals surface area contributed by atoms with Crippen molar-refractivity contribution in [3.8, 4) is 0 Å². The standard InChI is InChI=1S/C39H45N7O6S.C2HF3O2/c47-35-22-34(44-36(48)25-46-15-17-53(52)18-16-46)37(49)41-24-29(19-26-9-3-1-4-10-26)42-38(50)32(20-27-11-5-2-6-12-27)45-39(51)33(43-35)21-28-23-40-31-14-8-7-13-30(28)31;3-2(4,5)1(6)7/h1-14,23,29,32-34,40H,15-22,24-25H2,(H,41,49)(H,42,50)(H,43,47)(H,44,48)(H,45,51);(H,6,7)/t29-,32+,33+,34-;/m1./s1. The Bertz CT molecular complexity index is 2150. The molecular formula is C41H46F3N7O8S. The molecule has 4 atom stereocenters. The monoisotopic (exact) mass is 853 g/mol. The molecule has 0 spiro atoms. The lowest BCUT2D eigenvalue weighted by molar-refractivity contribution is -0.192. The minimum atomic E-state index is -5.08. The Morgan fingerprint density at radius 3 is 1.97 bits per heavy atom. The molecule has 5 amide bonds. The van der Waals surface area contributed by atoms with Crippen LogP contribution in [-0.4, -0.2) is 123 Å². The minimum absolute atomic E-state index is 0.000584. The molecule has 3 heterocycles. The Hall–Kier alpha value is -6.08. The van der Waals surface area contributed by atoms with Crippen LogP contribution in [0.5, 0.6) is 0 Å². The number of halogens is 3. The summed E-state index contributed by atoms with van der Waals surface area (Å²) in [4.78, 5) is 83.0. The van der Waals surface area contributed by atoms with E-state index in [-0.39, 0.29) is 25.9 Å². The number of alkyl halides is 3. The topological polar surface area (TPSA) is 219 Å². The van der Waals surface area contributed by atoms with E-state index < -0.39 is 83.1 Å². The average Bonchev–Trinajstić information content (AvgIpc) is 3.62. The van der Waals surface area contributed by atoms with Gasteiger partial charge in [0.15, 0.2) is 0 Å². The van der Waals surface area contributed by atoms with E-state index in [4.69, 9.17) is 9.90 Å². The molecule has 0 unspecified atom stereocenters. The number of aromatic amines is 1. The number of carbonyl (C=O) groups excluding carboxylic acids is 5. The molecule has 15 nitrogen and oxygen atoms in total. The molecule has 4 aromatic rings. The number of para-hydroxylation sites is 1. The lowest BCUT2D eigenvalue weighted by Crippen LogP contribution is -2.59. The summed E-state index contributed by atoms with van der Waals surface area (Å²) in [5.74, 6) is -4.54. The Morgan fingerprint density at radius 1 is 0.767 bits per heavy atom. The van der Waals surface area contributed by atoms with Crippen molar-refractivity contribution in [3.05, 3.63) is 108 Å². The SMILES string of the molecule is O=C(O)C(F)(F)F.O=C1C[C@@H](NC(=O)CN2CCS(=O)CC2)C(=O)NC[C@@H](Cc2ccccc2)NC(=O)[C@H](Cc2ccccc2)NC(=O)[C@H](Cc2c[nH]c3ccccc23)N1. The molecule has 0 saturated carbocycles. The van der Waals surface area contributed by atoms with Crippen LogP contribution in [0.1, 0.15) is 23.1 Å². The van der Waals surface area contributed by atoms with Gasteiger partial charge in [-0.2, -0.15) is 13.2 Å². The van der Waals surface area contributed by atoms with Crippen LogP contribution >= 0.6 is 0 Å². The highest BCUT2D eigenvalue weighted by atomic mass is 32.2. The van der Waals surface area contributed by atoms with Gasteiger partial charge < -0.3 is 36.7 Å². The molecular weight excluding hydrogens is 808 g/mol. The molecule has 0 aliphatic carbocycles. The van der Waals surface area contributed by atoms with Crippen molar-refractivity contribution in [3.63, 3.8) is 0 Å². The van der Waals surface area contributed by atoms with Crippen LogP contribution in [0.25, 0.3) is 10.9 Å². The molecule has 2 aliphatic rings. The predicted molar refractivity (Wildman–Crippen MR) is 216 cm³/mol. The molecule has 2 fully saturated rings. The molecule has 3 aromatic carbocycles. The zero-order chi connectivity index (χ0) is 43.2. The molecule has 2 saturated heterocycles. The highest BCUT2D eigenvalue weighted by Gasteiger charge is 2.38. The second-order valence-corrected chi connectivity index (χ2v) is 16.0. The van der Waals surface area contributed by atoms with Crippen molar-refractivity contribution in [1.82, 2.24) is 36.5 Å². The first-order valence-electron chi connectivity index (χ1n) is 19.1. The number of carboxylic acids is 1. The summed E-state index contributed by atoms with van der Waals surface area (Å²) in [6.07, 6.45) is -3.07. The van der Waals surface area contributed by atoms with E-state index >= 15 is 0 Å². The first kappa shape index (κ1) is 45.0. The van der Waals surface area contributed by atoms with E-state index in [1.807, 2.05) is 89.8 Å². The molecule has 6 rings (SSSR count). The van der Waals surface area contributed by atoms with Crippen LogP contribution in [-0.2, 0) is 58.8 Å². The van der Waals surface area contributed by atoms with E-state index in [1.165, 1.54) is 0 Å². The fraction of sp³-hybridized carbons (Fsp3) is 0.366. The van der Waals surface area contributed by atoms with Crippen molar-refractivity contribution in [1.29, 1.82) is 0 Å². The van der Waals surface area contributed by atoms with Gasteiger partial charge in [-0.15, -0.1) is 0 Å². The normalized spacial score (nSPS) is 21.2. The minimum Gasteiger partial charge on any atom is -0.475 e. The van der Waals surface area contributed by atoms with Crippen LogP contribution in [0.4, 0.5) is 13.2 Å². The van der Waals surface area contributed by atoms with Crippen molar-refractivity contribution >= 4 is 57.2 Å². The van der Waals surface area contributed by atoms with Crippen molar-refractivity contribution < 1.29 is 51.3 Å². The van der Waals surface area contributed by atoms with Gasteiger partial charge in [0.25, 0.3) is 0 Å². The summed E-state index contributed by atoms with van der Waals surface area (Å²) >= 11 is 0. The third kappa shape index (κ3) is 13.8. The van der Waals surface area contributed by atoms with Crippen molar-refractivity contribution in [2.45, 2.75) is 56.0 Å². The molecule has 19 heteroatoms. The maximum absolute atomic E-state index is 14.2. The number of nitrogens with one attached hydrogen (secondary N) is 6. The number of hydrogen-bond acceptors (Lipinski definition) is 8. The van der Waals surface area contributed by atoms with E-state index in [2.05, 4.69) is 31.6 Å². The first-order valence-corrected chi connectivity index (χ1v) is 20.6. The van der Waals surface area contributed by atoms with Crippen LogP contribution in [0.15, 0.2) is 91.1 Å². The van der Waals surface area contributed by atoms with Gasteiger partial charge in [0, 0.05) is 71.9 Å². The second kappa shape index (κ2) is 21.3. The number of H-pyrrole nitrogens is 1. The second-order valence-electron chi connectivity index (χ2n) is 14.3. The molecule has 320 valence electrons. The smallest absolute Gasteiger partial charge is 0.475 e. The number of fused-ring (bicyclic) bond motifs is 1. The maximum Gasteiger partial charge on any atom is 0.490 e. The molecule has 7 N–H and O–H groups in total. The fourth-order valence-corrected chi connectivity index (χ4v) is 7.84. The zero-order valence-corrected chi connectivity index (χ0v) is 33.2. The molecule has 60 heavy (non-hydrogen) atoms. The van der Waals surface area contributed by atoms with E-state index in [1.54, 1.807) is 6.20 Å². The van der Waals surface area contributed by atoms with Gasteiger partial charge in [-0.25, -0.2) is 4.79 Å². The number of amides is 5. The number of aliphatic carboxylic acids is 1. The summed E-state index contributed by atoms with van der Waals surface area (Å²) in [5, 5.41) is 22.4. The molecule has 0 radical (unpaired) electrons. The summed E-state index contributed by atoms with van der Waals surface area (Å²) in [6, 6.07) is 22.4. The Labute approximate surface area is 345 Å². The average molecular weight is 854 g/mol. The van der Waals surface area contributed by atoms with Gasteiger partial charge in [-0.3, -0.25) is 33.1 Å². The number of hydrogen-bond donors (Lipinski definition) is 7. The number of benzene rings is 3. The molecule has 0 bridgehead atoms. The van der Waals surface area contributed by atoms with Crippen LogP contribution < -0.4 is 26.6 Å². The van der Waals surface area contributed by atoms with Crippen molar-refractivity contribution in [2.75, 3.05) is 37.7 Å². The lowest BCUT2D eigenvalue weighted by Gasteiger charge is -2.29. The first-order chi connectivity index (χ1) is 28.6. The highest BCUT2D eigenvalue weighted by molar-refractivity contribution is 7.85. The van der Waals surface area contributed by atoms with E-state index in [9.17, 15) is 41.4 Å². The largest absolute Gasteiger partial charge is 0.490 e.